The van der Waals surface area contributed by atoms with Crippen molar-refractivity contribution >= 4 is 59.6 Å². The molecule has 0 fully saturated rings. The van der Waals surface area contributed by atoms with E-state index in [9.17, 15) is 13.2 Å². The normalized spacial score (nSPS) is 13.0. The van der Waals surface area contributed by atoms with E-state index in [0.29, 0.717) is 11.8 Å². The van der Waals surface area contributed by atoms with Gasteiger partial charge in [-0.25, -0.2) is 0 Å². The number of alkyl halides is 3. The number of hydrogen-bond donors (Lipinski definition) is 0. The third kappa shape index (κ3) is 3.92. The summed E-state index contributed by atoms with van der Waals surface area (Å²) in [4.78, 5) is 0. The molecule has 0 radical (unpaired) electrons. The first kappa shape index (κ1) is 26.1. The van der Waals surface area contributed by atoms with E-state index in [-0.39, 0.29) is 0 Å². The number of benzene rings is 6. The maximum absolute atomic E-state index is 13.4. The molecule has 0 aliphatic rings. The summed E-state index contributed by atoms with van der Waals surface area (Å²) in [7, 11) is 0. The first-order valence-corrected chi connectivity index (χ1v) is 14.9. The number of nitrogens with zero attached hydrogens (tertiary/aromatic N) is 1. The SMILES string of the molecule is CC(C)c1ccc2cc3c(cc2c1)c1cc(-c2ccc(C(F)(F)F)cc2)cc2c4cc5cc(C(C)C)ccc5cc4n3c12. The van der Waals surface area contributed by atoms with Crippen molar-refractivity contribution in [3.8, 4) is 11.1 Å². The Morgan fingerprint density at radius 2 is 0.977 bits per heavy atom. The molecule has 8 aromatic rings. The van der Waals surface area contributed by atoms with Gasteiger partial charge in [-0.1, -0.05) is 76.2 Å². The molecule has 6 aromatic carbocycles. The first-order chi connectivity index (χ1) is 20.6. The summed E-state index contributed by atoms with van der Waals surface area (Å²) in [5.74, 6) is 0.851. The van der Waals surface area contributed by atoms with Crippen molar-refractivity contribution in [2.75, 3.05) is 0 Å². The van der Waals surface area contributed by atoms with Crippen molar-refractivity contribution in [2.45, 2.75) is 45.7 Å². The Morgan fingerprint density at radius 1 is 0.488 bits per heavy atom. The van der Waals surface area contributed by atoms with Gasteiger partial charge in [0.05, 0.1) is 22.1 Å². The summed E-state index contributed by atoms with van der Waals surface area (Å²) < 4.78 is 42.5. The third-order valence-electron chi connectivity index (χ3n) is 9.23. The van der Waals surface area contributed by atoms with E-state index in [2.05, 4.69) is 105 Å². The van der Waals surface area contributed by atoms with Gasteiger partial charge < -0.3 is 4.40 Å². The van der Waals surface area contributed by atoms with Gasteiger partial charge in [0, 0.05) is 21.5 Å². The highest BCUT2D eigenvalue weighted by atomic mass is 19.4. The van der Waals surface area contributed by atoms with Crippen LogP contribution in [-0.4, -0.2) is 4.40 Å². The molecule has 43 heavy (non-hydrogen) atoms. The summed E-state index contributed by atoms with van der Waals surface area (Å²) in [6.45, 7) is 8.82. The number of aromatic nitrogens is 1. The maximum Gasteiger partial charge on any atom is 0.416 e. The molecule has 0 spiro atoms. The van der Waals surface area contributed by atoms with Crippen LogP contribution in [0.25, 0.3) is 70.8 Å². The van der Waals surface area contributed by atoms with Crippen LogP contribution >= 0.6 is 0 Å². The summed E-state index contributed by atoms with van der Waals surface area (Å²) in [6.07, 6.45) is -4.37. The van der Waals surface area contributed by atoms with Gasteiger partial charge in [-0.15, -0.1) is 0 Å². The topological polar surface area (TPSA) is 4.41 Å². The van der Waals surface area contributed by atoms with E-state index in [1.165, 1.54) is 44.8 Å². The predicted molar refractivity (Wildman–Crippen MR) is 175 cm³/mol. The second-order valence-electron chi connectivity index (χ2n) is 12.6. The molecule has 0 unspecified atom stereocenters. The van der Waals surface area contributed by atoms with Gasteiger partial charge in [0.25, 0.3) is 0 Å². The highest BCUT2D eigenvalue weighted by Crippen LogP contribution is 2.44. The zero-order valence-corrected chi connectivity index (χ0v) is 24.5. The Morgan fingerprint density at radius 3 is 1.42 bits per heavy atom. The van der Waals surface area contributed by atoms with Gasteiger partial charge in [-0.2, -0.15) is 13.2 Å². The fourth-order valence-electron chi connectivity index (χ4n) is 6.80. The fourth-order valence-corrected chi connectivity index (χ4v) is 6.80. The van der Waals surface area contributed by atoms with E-state index in [1.807, 2.05) is 0 Å². The first-order valence-electron chi connectivity index (χ1n) is 14.9. The number of fused-ring (bicyclic) bond motifs is 8. The zero-order valence-electron chi connectivity index (χ0n) is 24.5. The van der Waals surface area contributed by atoms with Gasteiger partial charge in [-0.3, -0.25) is 0 Å². The van der Waals surface area contributed by atoms with Gasteiger partial charge in [0.15, 0.2) is 0 Å². The Bertz CT molecular complexity index is 2240. The van der Waals surface area contributed by atoms with E-state index < -0.39 is 11.7 Å². The second kappa shape index (κ2) is 8.97. The minimum atomic E-state index is -4.37. The smallest absolute Gasteiger partial charge is 0.308 e. The Kier molecular flexibility index (Phi) is 5.44. The molecule has 0 atom stereocenters. The third-order valence-corrected chi connectivity index (χ3v) is 9.23. The van der Waals surface area contributed by atoms with Crippen LogP contribution in [0.15, 0.2) is 97.1 Å². The van der Waals surface area contributed by atoms with Crippen molar-refractivity contribution in [3.05, 3.63) is 114 Å². The summed E-state index contributed by atoms with van der Waals surface area (Å²) in [6, 6.07) is 32.4. The highest BCUT2D eigenvalue weighted by Gasteiger charge is 2.30. The van der Waals surface area contributed by atoms with E-state index in [4.69, 9.17) is 0 Å². The minimum Gasteiger partial charge on any atom is -0.308 e. The quantitative estimate of drug-likeness (QED) is 0.199. The summed E-state index contributed by atoms with van der Waals surface area (Å²) in [5, 5.41) is 9.30. The lowest BCUT2D eigenvalue weighted by Gasteiger charge is -2.10. The number of rotatable bonds is 3. The van der Waals surface area contributed by atoms with E-state index in [1.54, 1.807) is 12.1 Å². The molecular weight excluding hydrogens is 539 g/mol. The van der Waals surface area contributed by atoms with E-state index >= 15 is 0 Å². The van der Waals surface area contributed by atoms with Gasteiger partial charge in [0.1, 0.15) is 0 Å². The highest BCUT2D eigenvalue weighted by molar-refractivity contribution is 6.27. The average Bonchev–Trinajstić information content (AvgIpc) is 3.48. The van der Waals surface area contributed by atoms with Gasteiger partial charge in [-0.05, 0) is 104 Å². The van der Waals surface area contributed by atoms with Gasteiger partial charge >= 0.3 is 6.18 Å². The number of hydrogen-bond acceptors (Lipinski definition) is 0. The van der Waals surface area contributed by atoms with Crippen LogP contribution in [0.3, 0.4) is 0 Å². The molecular formula is C39H30F3N. The minimum absolute atomic E-state index is 0.426. The number of halogens is 3. The second-order valence-corrected chi connectivity index (χ2v) is 12.6. The maximum atomic E-state index is 13.4. The van der Waals surface area contributed by atoms with Crippen molar-refractivity contribution in [2.24, 2.45) is 0 Å². The molecule has 0 aliphatic heterocycles. The van der Waals surface area contributed by atoms with Crippen molar-refractivity contribution in [1.29, 1.82) is 0 Å². The Hall–Kier alpha value is -4.57. The molecule has 212 valence electrons. The predicted octanol–water partition coefficient (Wildman–Crippen LogP) is 12.1. The lowest BCUT2D eigenvalue weighted by Crippen LogP contribution is -2.03. The Balaban J connectivity index is 1.50. The molecule has 0 aliphatic carbocycles. The van der Waals surface area contributed by atoms with Crippen LogP contribution in [0.1, 0.15) is 56.2 Å². The van der Waals surface area contributed by atoms with Crippen molar-refractivity contribution < 1.29 is 13.2 Å². The molecule has 0 N–H and O–H groups in total. The molecule has 0 saturated carbocycles. The summed E-state index contributed by atoms with van der Waals surface area (Å²) in [5.41, 5.74) is 7.08. The average molecular weight is 570 g/mol. The largest absolute Gasteiger partial charge is 0.416 e. The molecule has 2 aromatic heterocycles. The molecule has 0 saturated heterocycles. The molecule has 2 heterocycles. The van der Waals surface area contributed by atoms with Crippen molar-refractivity contribution in [1.82, 2.24) is 4.40 Å². The van der Waals surface area contributed by atoms with Crippen LogP contribution in [-0.2, 0) is 6.18 Å². The van der Waals surface area contributed by atoms with Crippen LogP contribution in [0.5, 0.6) is 0 Å². The van der Waals surface area contributed by atoms with Crippen LogP contribution in [0.2, 0.25) is 0 Å². The van der Waals surface area contributed by atoms with Crippen molar-refractivity contribution in [3.63, 3.8) is 0 Å². The monoisotopic (exact) mass is 569 g/mol. The molecule has 0 amide bonds. The molecule has 0 bridgehead atoms. The van der Waals surface area contributed by atoms with Crippen LogP contribution in [0, 0.1) is 0 Å². The summed E-state index contributed by atoms with van der Waals surface area (Å²) >= 11 is 0. The lowest BCUT2D eigenvalue weighted by atomic mass is 9.95. The molecule has 8 rings (SSSR count). The standard InChI is InChI=1S/C39H30F3N/c1-21(2)24-5-7-26-19-36-32(15-28(26)13-24)34-17-30(23-9-11-31(12-10-23)39(40,41)42)18-35-33-16-29-14-25(22(3)4)6-8-27(29)20-37(33)43(36)38(34)35/h5-22H,1-4H3. The fraction of sp³-hybridized carbons (Fsp3) is 0.179. The lowest BCUT2D eigenvalue weighted by molar-refractivity contribution is -0.137. The molecule has 4 heteroatoms. The zero-order chi connectivity index (χ0) is 29.8. The van der Waals surface area contributed by atoms with Crippen LogP contribution in [0.4, 0.5) is 13.2 Å². The van der Waals surface area contributed by atoms with Gasteiger partial charge in [0.2, 0.25) is 0 Å². The Labute approximate surface area is 247 Å². The van der Waals surface area contributed by atoms with E-state index in [0.717, 1.165) is 49.2 Å². The molecule has 1 nitrogen and oxygen atoms in total. The van der Waals surface area contributed by atoms with Crippen LogP contribution < -0.4 is 0 Å².